The Hall–Kier alpha value is -2.86. The first-order valence-electron chi connectivity index (χ1n) is 9.45. The maximum absolute atomic E-state index is 13.4. The van der Waals surface area contributed by atoms with E-state index in [1.165, 1.54) is 23.9 Å². The molecule has 0 spiro atoms. The minimum atomic E-state index is -0.315. The highest BCUT2D eigenvalue weighted by Crippen LogP contribution is 2.30. The molecular formula is C23H24FN3OS. The Balaban J connectivity index is 1.86. The van der Waals surface area contributed by atoms with E-state index in [0.29, 0.717) is 16.2 Å². The molecule has 0 atom stereocenters. The molecule has 1 aromatic heterocycles. The van der Waals surface area contributed by atoms with E-state index in [0.717, 1.165) is 22.8 Å². The van der Waals surface area contributed by atoms with Crippen LogP contribution < -0.4 is 10.2 Å². The number of para-hydroxylation sites is 1. The van der Waals surface area contributed by atoms with Crippen LogP contribution in [0.5, 0.6) is 0 Å². The predicted octanol–water partition coefficient (Wildman–Crippen LogP) is 5.34. The van der Waals surface area contributed by atoms with Gasteiger partial charge in [-0.05, 0) is 54.1 Å². The maximum Gasteiger partial charge on any atom is 0.254 e. The topological polar surface area (TPSA) is 45.2 Å². The Morgan fingerprint density at radius 2 is 1.90 bits per heavy atom. The number of amides is 1. The molecule has 3 rings (SSSR count). The summed E-state index contributed by atoms with van der Waals surface area (Å²) < 4.78 is 13.4. The summed E-state index contributed by atoms with van der Waals surface area (Å²) in [5.74, 6) is 1.07. The number of anilines is 2. The second kappa shape index (κ2) is 9.56. The van der Waals surface area contributed by atoms with Gasteiger partial charge in [-0.1, -0.05) is 37.3 Å². The number of carbonyl (C=O) groups is 1. The molecule has 0 fully saturated rings. The van der Waals surface area contributed by atoms with E-state index < -0.39 is 0 Å². The lowest BCUT2D eigenvalue weighted by Gasteiger charge is -2.21. The molecule has 3 aromatic rings. The maximum atomic E-state index is 13.4. The third-order valence-corrected chi connectivity index (χ3v) is 5.36. The summed E-state index contributed by atoms with van der Waals surface area (Å²) in [7, 11) is 1.96. The van der Waals surface area contributed by atoms with Gasteiger partial charge in [0.05, 0.1) is 5.56 Å². The van der Waals surface area contributed by atoms with Gasteiger partial charge in [0.1, 0.15) is 16.7 Å². The monoisotopic (exact) mass is 409 g/mol. The molecule has 0 aliphatic carbocycles. The first-order valence-corrected chi connectivity index (χ1v) is 10.4. The van der Waals surface area contributed by atoms with E-state index in [4.69, 9.17) is 4.98 Å². The van der Waals surface area contributed by atoms with Crippen LogP contribution in [0.15, 0.2) is 65.7 Å². The van der Waals surface area contributed by atoms with Crippen molar-refractivity contribution in [1.29, 1.82) is 0 Å². The molecule has 0 unspecified atom stereocenters. The highest BCUT2D eigenvalue weighted by atomic mass is 32.2. The molecule has 0 aliphatic rings. The number of aryl methyl sites for hydroxylation is 1. The van der Waals surface area contributed by atoms with Crippen molar-refractivity contribution in [1.82, 2.24) is 10.3 Å². The third-order valence-electron chi connectivity index (χ3n) is 4.51. The minimum absolute atomic E-state index is 0.205. The fraction of sp³-hybridized carbons (Fsp3) is 0.217. The number of benzene rings is 2. The normalized spacial score (nSPS) is 10.6. The minimum Gasteiger partial charge on any atom is -0.348 e. The zero-order chi connectivity index (χ0) is 20.8. The number of thioether (sulfide) groups is 1. The quantitative estimate of drug-likeness (QED) is 0.535. The van der Waals surface area contributed by atoms with E-state index in [2.05, 4.69) is 5.32 Å². The number of nitrogens with one attached hydrogen (secondary N) is 1. The van der Waals surface area contributed by atoms with Crippen LogP contribution in [-0.2, 0) is 6.54 Å². The summed E-state index contributed by atoms with van der Waals surface area (Å²) in [6.07, 6.45) is 0. The van der Waals surface area contributed by atoms with Gasteiger partial charge in [-0.25, -0.2) is 9.37 Å². The van der Waals surface area contributed by atoms with Gasteiger partial charge < -0.3 is 10.2 Å². The largest absolute Gasteiger partial charge is 0.348 e. The molecule has 0 radical (unpaired) electrons. The van der Waals surface area contributed by atoms with Crippen molar-refractivity contribution < 1.29 is 9.18 Å². The van der Waals surface area contributed by atoms with Crippen molar-refractivity contribution in [3.8, 4) is 0 Å². The van der Waals surface area contributed by atoms with Gasteiger partial charge in [-0.3, -0.25) is 4.79 Å². The van der Waals surface area contributed by atoms with E-state index in [1.54, 1.807) is 12.1 Å². The van der Waals surface area contributed by atoms with Gasteiger partial charge in [0.15, 0.2) is 0 Å². The number of aromatic nitrogens is 1. The van der Waals surface area contributed by atoms with Crippen molar-refractivity contribution in [2.45, 2.75) is 25.4 Å². The number of hydrogen-bond acceptors (Lipinski definition) is 4. The molecule has 1 amide bonds. The second-order valence-electron chi connectivity index (χ2n) is 6.62. The number of halogens is 1. The zero-order valence-corrected chi connectivity index (χ0v) is 17.6. The SMILES string of the molecule is CCSc1nc(N(C)c2ccccc2)cc(C)c1C(=O)NCc1cccc(F)c1. The molecule has 6 heteroatoms. The van der Waals surface area contributed by atoms with Gasteiger partial charge in [-0.2, -0.15) is 0 Å². The van der Waals surface area contributed by atoms with Crippen LogP contribution in [0, 0.1) is 12.7 Å². The Kier molecular flexibility index (Phi) is 6.88. The van der Waals surface area contributed by atoms with Gasteiger partial charge in [-0.15, -0.1) is 11.8 Å². The van der Waals surface area contributed by atoms with E-state index >= 15 is 0 Å². The smallest absolute Gasteiger partial charge is 0.254 e. The first-order chi connectivity index (χ1) is 14.0. The fourth-order valence-electron chi connectivity index (χ4n) is 3.02. The average Bonchev–Trinajstić information content (AvgIpc) is 2.72. The number of carbonyl (C=O) groups excluding carboxylic acids is 1. The van der Waals surface area contributed by atoms with Gasteiger partial charge in [0.25, 0.3) is 5.91 Å². The summed E-state index contributed by atoms with van der Waals surface area (Å²) in [5, 5.41) is 3.59. The Morgan fingerprint density at radius 3 is 2.59 bits per heavy atom. The fourth-order valence-corrected chi connectivity index (χ4v) is 3.85. The third kappa shape index (κ3) is 5.15. The highest BCUT2D eigenvalue weighted by molar-refractivity contribution is 7.99. The summed E-state index contributed by atoms with van der Waals surface area (Å²) in [6, 6.07) is 18.1. The van der Waals surface area contributed by atoms with Crippen LogP contribution in [0.1, 0.15) is 28.4 Å². The number of pyridine rings is 1. The lowest BCUT2D eigenvalue weighted by atomic mass is 10.1. The second-order valence-corrected chi connectivity index (χ2v) is 7.87. The van der Waals surface area contributed by atoms with E-state index in [-0.39, 0.29) is 18.3 Å². The summed E-state index contributed by atoms with van der Waals surface area (Å²) in [6.45, 7) is 4.21. The Bertz CT molecular complexity index is 995. The van der Waals surface area contributed by atoms with Crippen LogP contribution in [0.4, 0.5) is 15.9 Å². The predicted molar refractivity (Wildman–Crippen MR) is 117 cm³/mol. The van der Waals surface area contributed by atoms with Gasteiger partial charge in [0.2, 0.25) is 0 Å². The van der Waals surface area contributed by atoms with Crippen molar-refractivity contribution in [3.05, 3.63) is 83.2 Å². The number of rotatable bonds is 7. The lowest BCUT2D eigenvalue weighted by Crippen LogP contribution is -2.25. The molecular weight excluding hydrogens is 385 g/mol. The number of hydrogen-bond donors (Lipinski definition) is 1. The molecule has 29 heavy (non-hydrogen) atoms. The highest BCUT2D eigenvalue weighted by Gasteiger charge is 2.19. The van der Waals surface area contributed by atoms with Gasteiger partial charge in [0, 0.05) is 19.3 Å². The Labute approximate surface area is 175 Å². The molecule has 2 aromatic carbocycles. The first kappa shape index (κ1) is 20.9. The molecule has 0 aliphatic heterocycles. The van der Waals surface area contributed by atoms with Crippen molar-refractivity contribution >= 4 is 29.2 Å². The lowest BCUT2D eigenvalue weighted by molar-refractivity contribution is 0.0946. The molecule has 0 saturated carbocycles. The zero-order valence-electron chi connectivity index (χ0n) is 16.8. The van der Waals surface area contributed by atoms with E-state index in [1.807, 2.05) is 62.2 Å². The molecule has 150 valence electrons. The summed E-state index contributed by atoms with van der Waals surface area (Å²) in [4.78, 5) is 19.7. The van der Waals surface area contributed by atoms with Crippen LogP contribution >= 0.6 is 11.8 Å². The Morgan fingerprint density at radius 1 is 1.14 bits per heavy atom. The van der Waals surface area contributed by atoms with Crippen molar-refractivity contribution in [2.24, 2.45) is 0 Å². The van der Waals surface area contributed by atoms with Crippen molar-refractivity contribution in [2.75, 3.05) is 17.7 Å². The van der Waals surface area contributed by atoms with E-state index in [9.17, 15) is 9.18 Å². The molecule has 0 saturated heterocycles. The standard InChI is InChI=1S/C23H24FN3OS/c1-4-29-23-21(22(28)25-15-17-9-8-10-18(24)14-17)16(2)13-20(26-23)27(3)19-11-6-5-7-12-19/h5-14H,4,15H2,1-3H3,(H,25,28). The molecule has 4 nitrogen and oxygen atoms in total. The molecule has 1 N–H and O–H groups in total. The van der Waals surface area contributed by atoms with Crippen molar-refractivity contribution in [3.63, 3.8) is 0 Å². The van der Waals surface area contributed by atoms with Crippen LogP contribution in [0.2, 0.25) is 0 Å². The molecule has 0 bridgehead atoms. The van der Waals surface area contributed by atoms with Crippen LogP contribution in [0.25, 0.3) is 0 Å². The van der Waals surface area contributed by atoms with Gasteiger partial charge >= 0.3 is 0 Å². The molecule has 1 heterocycles. The summed E-state index contributed by atoms with van der Waals surface area (Å²) >= 11 is 1.54. The average molecular weight is 410 g/mol. The van der Waals surface area contributed by atoms with Crippen LogP contribution in [-0.4, -0.2) is 23.7 Å². The summed E-state index contributed by atoms with van der Waals surface area (Å²) in [5.41, 5.74) is 3.16. The number of nitrogens with zero attached hydrogens (tertiary/aromatic N) is 2. The van der Waals surface area contributed by atoms with Crippen LogP contribution in [0.3, 0.4) is 0 Å².